The van der Waals surface area contributed by atoms with Crippen LogP contribution in [0.15, 0.2) is 30.3 Å². The van der Waals surface area contributed by atoms with Crippen molar-refractivity contribution in [2.45, 2.75) is 6.04 Å². The van der Waals surface area contributed by atoms with Gasteiger partial charge in [-0.2, -0.15) is 0 Å². The molecule has 0 aliphatic carbocycles. The highest BCUT2D eigenvalue weighted by atomic mass is 16.5. The molecule has 0 saturated carbocycles. The quantitative estimate of drug-likeness (QED) is 0.683. The summed E-state index contributed by atoms with van der Waals surface area (Å²) in [6, 6.07) is 7.46. The summed E-state index contributed by atoms with van der Waals surface area (Å²) in [6.07, 6.45) is 3.72. The fourth-order valence-electron chi connectivity index (χ4n) is 1.45. The summed E-state index contributed by atoms with van der Waals surface area (Å²) >= 11 is 0. The molecule has 3 nitrogen and oxygen atoms in total. The summed E-state index contributed by atoms with van der Waals surface area (Å²) < 4.78 is 4.65. The van der Waals surface area contributed by atoms with Crippen LogP contribution in [0.4, 0.5) is 5.69 Å². The van der Waals surface area contributed by atoms with Crippen molar-refractivity contribution in [1.82, 2.24) is 0 Å². The predicted octanol–water partition coefficient (Wildman–Crippen LogP) is 1.67. The highest BCUT2D eigenvalue weighted by Crippen LogP contribution is 2.22. The minimum Gasteiger partial charge on any atom is -0.467 e. The Morgan fingerprint density at radius 2 is 2.21 bits per heavy atom. The van der Waals surface area contributed by atoms with Gasteiger partial charge < -0.3 is 10.1 Å². The molecule has 1 atom stereocenters. The second-order valence-corrected chi connectivity index (χ2v) is 3.09. The first-order chi connectivity index (χ1) is 6.81. The molecule has 0 spiro atoms. The van der Waals surface area contributed by atoms with Crippen molar-refractivity contribution in [2.75, 3.05) is 12.4 Å². The van der Waals surface area contributed by atoms with Crippen LogP contribution in [0.1, 0.15) is 5.56 Å². The van der Waals surface area contributed by atoms with Crippen LogP contribution >= 0.6 is 0 Å². The van der Waals surface area contributed by atoms with Gasteiger partial charge >= 0.3 is 5.97 Å². The molecule has 14 heavy (non-hydrogen) atoms. The molecule has 0 amide bonds. The molecule has 1 heterocycles. The van der Waals surface area contributed by atoms with E-state index >= 15 is 0 Å². The van der Waals surface area contributed by atoms with E-state index < -0.39 is 0 Å². The van der Waals surface area contributed by atoms with Gasteiger partial charge in [-0.05, 0) is 11.6 Å². The zero-order chi connectivity index (χ0) is 9.97. The van der Waals surface area contributed by atoms with Crippen molar-refractivity contribution < 1.29 is 9.53 Å². The summed E-state index contributed by atoms with van der Waals surface area (Å²) in [5.41, 5.74) is 2.05. The van der Waals surface area contributed by atoms with Gasteiger partial charge in [0.25, 0.3) is 0 Å². The van der Waals surface area contributed by atoms with Crippen LogP contribution < -0.4 is 5.32 Å². The average Bonchev–Trinajstić information content (AvgIpc) is 2.27. The Kier molecular flexibility index (Phi) is 2.23. The zero-order valence-corrected chi connectivity index (χ0v) is 7.86. The summed E-state index contributed by atoms with van der Waals surface area (Å²) in [7, 11) is 1.39. The molecule has 0 fully saturated rings. The second-order valence-electron chi connectivity index (χ2n) is 3.09. The van der Waals surface area contributed by atoms with Crippen molar-refractivity contribution in [3.05, 3.63) is 35.9 Å². The molecule has 3 heteroatoms. The molecular formula is C11H11NO2. The maximum Gasteiger partial charge on any atom is 0.332 e. The predicted molar refractivity (Wildman–Crippen MR) is 54.9 cm³/mol. The van der Waals surface area contributed by atoms with Crippen LogP contribution in [0.3, 0.4) is 0 Å². The van der Waals surface area contributed by atoms with Gasteiger partial charge in [-0.15, -0.1) is 0 Å². The Balaban J connectivity index is 2.25. The Hall–Kier alpha value is -1.77. The third kappa shape index (κ3) is 1.48. The van der Waals surface area contributed by atoms with Gasteiger partial charge in [0.15, 0.2) is 0 Å². The first-order valence-electron chi connectivity index (χ1n) is 4.43. The lowest BCUT2D eigenvalue weighted by molar-refractivity contribution is -0.140. The number of ether oxygens (including phenoxy) is 1. The highest BCUT2D eigenvalue weighted by molar-refractivity contribution is 5.86. The topological polar surface area (TPSA) is 38.3 Å². The van der Waals surface area contributed by atoms with Crippen LogP contribution in [0.25, 0.3) is 6.08 Å². The highest BCUT2D eigenvalue weighted by Gasteiger charge is 2.19. The molecule has 2 rings (SSSR count). The summed E-state index contributed by atoms with van der Waals surface area (Å²) in [5.74, 6) is -0.268. The number of para-hydroxylation sites is 1. The maximum absolute atomic E-state index is 11.2. The van der Waals surface area contributed by atoms with Crippen LogP contribution in [0.5, 0.6) is 0 Å². The Morgan fingerprint density at radius 3 is 3.00 bits per heavy atom. The average molecular weight is 189 g/mol. The number of rotatable bonds is 1. The summed E-state index contributed by atoms with van der Waals surface area (Å²) in [6.45, 7) is 0. The van der Waals surface area contributed by atoms with Gasteiger partial charge in [0.1, 0.15) is 6.04 Å². The lowest BCUT2D eigenvalue weighted by Crippen LogP contribution is -2.30. The first-order valence-corrected chi connectivity index (χ1v) is 4.43. The number of methoxy groups -OCH3 is 1. The van der Waals surface area contributed by atoms with E-state index in [0.717, 1.165) is 11.3 Å². The van der Waals surface area contributed by atoms with Gasteiger partial charge in [-0.1, -0.05) is 30.4 Å². The number of nitrogens with one attached hydrogen (secondary N) is 1. The number of carbonyl (C=O) groups is 1. The van der Waals surface area contributed by atoms with E-state index in [4.69, 9.17) is 0 Å². The van der Waals surface area contributed by atoms with Gasteiger partial charge in [-0.25, -0.2) is 4.79 Å². The second kappa shape index (κ2) is 3.54. The fourth-order valence-corrected chi connectivity index (χ4v) is 1.45. The van der Waals surface area contributed by atoms with E-state index in [0.29, 0.717) is 0 Å². The van der Waals surface area contributed by atoms with E-state index in [9.17, 15) is 4.79 Å². The van der Waals surface area contributed by atoms with Crippen molar-refractivity contribution in [2.24, 2.45) is 0 Å². The first kappa shape index (κ1) is 8.81. The molecule has 0 aromatic heterocycles. The SMILES string of the molecule is COC(=O)C1C=Cc2ccccc2N1. The Bertz CT molecular complexity index is 385. The normalized spacial score (nSPS) is 18.2. The minimum atomic E-state index is -0.366. The number of hydrogen-bond donors (Lipinski definition) is 1. The van der Waals surface area contributed by atoms with Crippen molar-refractivity contribution in [3.63, 3.8) is 0 Å². The Labute approximate surface area is 82.4 Å². The third-order valence-electron chi connectivity index (χ3n) is 2.20. The fraction of sp³-hybridized carbons (Fsp3) is 0.182. The van der Waals surface area contributed by atoms with Crippen LogP contribution in [-0.2, 0) is 9.53 Å². The smallest absolute Gasteiger partial charge is 0.332 e. The third-order valence-corrected chi connectivity index (χ3v) is 2.20. The van der Waals surface area contributed by atoms with Gasteiger partial charge in [0.05, 0.1) is 7.11 Å². The molecular weight excluding hydrogens is 178 g/mol. The van der Waals surface area contributed by atoms with Crippen molar-refractivity contribution >= 4 is 17.7 Å². The number of carbonyl (C=O) groups excluding carboxylic acids is 1. The van der Waals surface area contributed by atoms with Gasteiger partial charge in [0, 0.05) is 5.69 Å². The van der Waals surface area contributed by atoms with E-state index in [2.05, 4.69) is 10.1 Å². The van der Waals surface area contributed by atoms with Gasteiger partial charge in [0.2, 0.25) is 0 Å². The van der Waals surface area contributed by atoms with E-state index in [1.165, 1.54) is 7.11 Å². The number of hydrogen-bond acceptors (Lipinski definition) is 3. The maximum atomic E-state index is 11.2. The molecule has 1 aromatic rings. The van der Waals surface area contributed by atoms with E-state index in [1.54, 1.807) is 6.08 Å². The Morgan fingerprint density at radius 1 is 1.43 bits per heavy atom. The molecule has 1 aromatic carbocycles. The van der Waals surface area contributed by atoms with Gasteiger partial charge in [-0.3, -0.25) is 0 Å². The van der Waals surface area contributed by atoms with Crippen LogP contribution in [-0.4, -0.2) is 19.1 Å². The summed E-state index contributed by atoms with van der Waals surface area (Å²) in [5, 5.41) is 3.09. The molecule has 1 aliphatic rings. The number of fused-ring (bicyclic) bond motifs is 1. The van der Waals surface area contributed by atoms with E-state index in [-0.39, 0.29) is 12.0 Å². The lowest BCUT2D eigenvalue weighted by atomic mass is 10.1. The molecule has 1 aliphatic heterocycles. The number of esters is 1. The number of anilines is 1. The van der Waals surface area contributed by atoms with Crippen LogP contribution in [0.2, 0.25) is 0 Å². The summed E-state index contributed by atoms with van der Waals surface area (Å²) in [4.78, 5) is 11.2. The largest absolute Gasteiger partial charge is 0.467 e. The molecule has 0 radical (unpaired) electrons. The number of benzene rings is 1. The van der Waals surface area contributed by atoms with Crippen molar-refractivity contribution in [3.8, 4) is 0 Å². The molecule has 1 N–H and O–H groups in total. The van der Waals surface area contributed by atoms with E-state index in [1.807, 2.05) is 30.3 Å². The molecule has 0 bridgehead atoms. The molecule has 72 valence electrons. The zero-order valence-electron chi connectivity index (χ0n) is 7.86. The minimum absolute atomic E-state index is 0.268. The monoisotopic (exact) mass is 189 g/mol. The van der Waals surface area contributed by atoms with Crippen LogP contribution in [0, 0.1) is 0 Å². The molecule has 1 unspecified atom stereocenters. The van der Waals surface area contributed by atoms with Crippen molar-refractivity contribution in [1.29, 1.82) is 0 Å². The lowest BCUT2D eigenvalue weighted by Gasteiger charge is -2.19. The molecule has 0 saturated heterocycles. The standard InChI is InChI=1S/C11H11NO2/c1-14-11(13)10-7-6-8-4-2-3-5-9(8)12-10/h2-7,10,12H,1H3.